The molecule has 0 aliphatic rings. The van der Waals surface area contributed by atoms with E-state index in [1.165, 1.54) is 0 Å². The van der Waals surface area contributed by atoms with E-state index in [0.29, 0.717) is 12.2 Å². The molecule has 0 aliphatic carbocycles. The van der Waals surface area contributed by atoms with Crippen LogP contribution in [-0.4, -0.2) is 32.6 Å². The van der Waals surface area contributed by atoms with Crippen LogP contribution in [0.2, 0.25) is 0 Å². The van der Waals surface area contributed by atoms with Crippen molar-refractivity contribution in [3.8, 4) is 5.75 Å². The number of carbonyl (C=O) groups is 2. The maximum Gasteiger partial charge on any atom is 0.309 e. The Kier molecular flexibility index (Phi) is 7.37. The van der Waals surface area contributed by atoms with Crippen molar-refractivity contribution in [2.24, 2.45) is 0 Å². The van der Waals surface area contributed by atoms with Crippen molar-refractivity contribution >= 4 is 11.8 Å². The third-order valence-electron chi connectivity index (χ3n) is 4.59. The van der Waals surface area contributed by atoms with Gasteiger partial charge in [0.1, 0.15) is 11.4 Å². The molecule has 6 heteroatoms. The maximum absolute atomic E-state index is 12.2. The summed E-state index contributed by atoms with van der Waals surface area (Å²) in [5.41, 5.74) is 1.12. The number of carbonyl (C=O) groups excluding carboxylic acids is 2. The lowest BCUT2D eigenvalue weighted by Crippen LogP contribution is -2.46. The van der Waals surface area contributed by atoms with E-state index in [2.05, 4.69) is 10.6 Å². The topological polar surface area (TPSA) is 76.7 Å². The van der Waals surface area contributed by atoms with Crippen LogP contribution in [0.3, 0.4) is 0 Å². The standard InChI is InChI=1S/C21H26N2O4/c1-4-21(27-3,17-10-6-5-7-11-17)15-23-20(25)19(24)22-14-16-9-8-12-18(13-16)26-2/h5-13H,4,14-15H2,1-3H3,(H,22,24)(H,23,25). The minimum absolute atomic E-state index is 0.204. The molecule has 2 aromatic carbocycles. The van der Waals surface area contributed by atoms with Gasteiger partial charge in [0, 0.05) is 13.7 Å². The highest BCUT2D eigenvalue weighted by molar-refractivity contribution is 6.35. The Bertz CT molecular complexity index is 758. The SMILES string of the molecule is CCC(CNC(=O)C(=O)NCc1cccc(OC)c1)(OC)c1ccccc1. The minimum Gasteiger partial charge on any atom is -0.497 e. The number of rotatable bonds is 8. The largest absolute Gasteiger partial charge is 0.497 e. The molecular formula is C21H26N2O4. The molecule has 1 atom stereocenters. The van der Waals surface area contributed by atoms with Gasteiger partial charge in [-0.05, 0) is 29.7 Å². The number of amides is 2. The number of benzene rings is 2. The number of nitrogens with one attached hydrogen (secondary N) is 2. The molecule has 2 aromatic rings. The fourth-order valence-corrected chi connectivity index (χ4v) is 2.86. The summed E-state index contributed by atoms with van der Waals surface area (Å²) in [5.74, 6) is -0.683. The average molecular weight is 370 g/mol. The van der Waals surface area contributed by atoms with Gasteiger partial charge < -0.3 is 20.1 Å². The van der Waals surface area contributed by atoms with Gasteiger partial charge >= 0.3 is 11.8 Å². The quantitative estimate of drug-likeness (QED) is 0.700. The van der Waals surface area contributed by atoms with Gasteiger partial charge in [0.25, 0.3) is 0 Å². The van der Waals surface area contributed by atoms with Gasteiger partial charge in [0.15, 0.2) is 0 Å². The van der Waals surface area contributed by atoms with Crippen LogP contribution in [0.15, 0.2) is 54.6 Å². The zero-order valence-electron chi connectivity index (χ0n) is 16.0. The first-order valence-corrected chi connectivity index (χ1v) is 8.84. The number of methoxy groups -OCH3 is 2. The second kappa shape index (κ2) is 9.73. The van der Waals surface area contributed by atoms with Crippen molar-refractivity contribution in [3.05, 3.63) is 65.7 Å². The summed E-state index contributed by atoms with van der Waals surface area (Å²) in [4.78, 5) is 24.3. The average Bonchev–Trinajstić information content (AvgIpc) is 2.73. The van der Waals surface area contributed by atoms with Crippen molar-refractivity contribution in [1.82, 2.24) is 10.6 Å². The Balaban J connectivity index is 1.94. The van der Waals surface area contributed by atoms with E-state index >= 15 is 0 Å². The highest BCUT2D eigenvalue weighted by Crippen LogP contribution is 2.27. The summed E-state index contributed by atoms with van der Waals surface area (Å²) in [6.45, 7) is 2.42. The molecule has 0 fully saturated rings. The van der Waals surface area contributed by atoms with Crippen molar-refractivity contribution in [2.45, 2.75) is 25.5 Å². The van der Waals surface area contributed by atoms with E-state index in [9.17, 15) is 9.59 Å². The number of hydrogen-bond acceptors (Lipinski definition) is 4. The van der Waals surface area contributed by atoms with Crippen LogP contribution in [-0.2, 0) is 26.5 Å². The summed E-state index contributed by atoms with van der Waals surface area (Å²) in [6, 6.07) is 17.0. The van der Waals surface area contributed by atoms with Crippen LogP contribution in [0.4, 0.5) is 0 Å². The molecule has 0 heterocycles. The lowest BCUT2D eigenvalue weighted by atomic mass is 9.90. The molecule has 0 saturated carbocycles. The Hall–Kier alpha value is -2.86. The van der Waals surface area contributed by atoms with Gasteiger partial charge in [0.2, 0.25) is 0 Å². The Labute approximate surface area is 159 Å². The predicted octanol–water partition coefficient (Wildman–Crippen LogP) is 2.38. The van der Waals surface area contributed by atoms with Gasteiger partial charge in [-0.3, -0.25) is 9.59 Å². The molecule has 27 heavy (non-hydrogen) atoms. The number of hydrogen-bond donors (Lipinski definition) is 2. The van der Waals surface area contributed by atoms with Gasteiger partial charge in [0.05, 0.1) is 13.7 Å². The fraction of sp³-hybridized carbons (Fsp3) is 0.333. The second-order valence-corrected chi connectivity index (χ2v) is 6.13. The van der Waals surface area contributed by atoms with Gasteiger partial charge in [-0.1, -0.05) is 49.4 Å². The fourth-order valence-electron chi connectivity index (χ4n) is 2.86. The first-order valence-electron chi connectivity index (χ1n) is 8.84. The summed E-state index contributed by atoms with van der Waals surface area (Å²) < 4.78 is 10.8. The zero-order valence-corrected chi connectivity index (χ0v) is 16.0. The van der Waals surface area contributed by atoms with Crippen LogP contribution < -0.4 is 15.4 Å². The summed E-state index contributed by atoms with van der Waals surface area (Å²) in [5, 5.41) is 5.30. The normalized spacial score (nSPS) is 12.7. The molecule has 0 saturated heterocycles. The number of ether oxygens (including phenoxy) is 2. The lowest BCUT2D eigenvalue weighted by molar-refractivity contribution is -0.140. The van der Waals surface area contributed by atoms with E-state index < -0.39 is 17.4 Å². The third kappa shape index (κ3) is 5.31. The molecule has 6 nitrogen and oxygen atoms in total. The molecular weight excluding hydrogens is 344 g/mol. The smallest absolute Gasteiger partial charge is 0.309 e. The summed E-state index contributed by atoms with van der Waals surface area (Å²) in [6.07, 6.45) is 0.652. The molecule has 2 rings (SSSR count). The molecule has 2 N–H and O–H groups in total. The zero-order chi connectivity index (χ0) is 19.7. The van der Waals surface area contributed by atoms with E-state index in [1.54, 1.807) is 20.3 Å². The molecule has 2 amide bonds. The van der Waals surface area contributed by atoms with Gasteiger partial charge in [-0.2, -0.15) is 0 Å². The highest BCUT2D eigenvalue weighted by Gasteiger charge is 2.31. The minimum atomic E-state index is -0.691. The monoisotopic (exact) mass is 370 g/mol. The first-order chi connectivity index (χ1) is 13.0. The van der Waals surface area contributed by atoms with Crippen LogP contribution in [0.5, 0.6) is 5.75 Å². The summed E-state index contributed by atoms with van der Waals surface area (Å²) in [7, 11) is 3.18. The Morgan fingerprint density at radius 1 is 0.963 bits per heavy atom. The maximum atomic E-state index is 12.2. The van der Waals surface area contributed by atoms with Crippen molar-refractivity contribution in [1.29, 1.82) is 0 Å². The molecule has 0 aromatic heterocycles. The summed E-state index contributed by atoms with van der Waals surface area (Å²) >= 11 is 0. The molecule has 0 radical (unpaired) electrons. The van der Waals surface area contributed by atoms with Crippen LogP contribution >= 0.6 is 0 Å². The molecule has 144 valence electrons. The lowest BCUT2D eigenvalue weighted by Gasteiger charge is -2.32. The highest BCUT2D eigenvalue weighted by atomic mass is 16.5. The van der Waals surface area contributed by atoms with Crippen molar-refractivity contribution in [3.63, 3.8) is 0 Å². The third-order valence-corrected chi connectivity index (χ3v) is 4.59. The molecule has 0 aliphatic heterocycles. The van der Waals surface area contributed by atoms with Crippen LogP contribution in [0, 0.1) is 0 Å². The van der Waals surface area contributed by atoms with E-state index in [-0.39, 0.29) is 13.1 Å². The first kappa shape index (κ1) is 20.5. The van der Waals surface area contributed by atoms with E-state index in [1.807, 2.05) is 55.5 Å². The van der Waals surface area contributed by atoms with Gasteiger partial charge in [-0.25, -0.2) is 0 Å². The van der Waals surface area contributed by atoms with Crippen molar-refractivity contribution < 1.29 is 19.1 Å². The Morgan fingerprint density at radius 2 is 1.67 bits per heavy atom. The molecule has 0 bridgehead atoms. The van der Waals surface area contributed by atoms with Crippen LogP contribution in [0.25, 0.3) is 0 Å². The second-order valence-electron chi connectivity index (χ2n) is 6.13. The van der Waals surface area contributed by atoms with E-state index in [4.69, 9.17) is 9.47 Å². The predicted molar refractivity (Wildman–Crippen MR) is 103 cm³/mol. The Morgan fingerprint density at radius 3 is 2.30 bits per heavy atom. The van der Waals surface area contributed by atoms with E-state index in [0.717, 1.165) is 11.1 Å². The van der Waals surface area contributed by atoms with Crippen molar-refractivity contribution in [2.75, 3.05) is 20.8 Å². The molecule has 1 unspecified atom stereocenters. The molecule has 0 spiro atoms. The van der Waals surface area contributed by atoms with Gasteiger partial charge in [-0.15, -0.1) is 0 Å². The van der Waals surface area contributed by atoms with Crippen LogP contribution in [0.1, 0.15) is 24.5 Å².